The molecule has 1 aromatic carbocycles. The number of methoxy groups -OCH3 is 1. The van der Waals surface area contributed by atoms with Gasteiger partial charge in [0.2, 0.25) is 0 Å². The minimum Gasteiger partial charge on any atom is -0.497 e. The summed E-state index contributed by atoms with van der Waals surface area (Å²) in [6.07, 6.45) is 8.51. The molecule has 0 saturated heterocycles. The van der Waals surface area contributed by atoms with Crippen LogP contribution in [0.15, 0.2) is 24.3 Å². The topological polar surface area (TPSA) is 21.3 Å². The van der Waals surface area contributed by atoms with Crippen LogP contribution in [0.4, 0.5) is 0 Å². The largest absolute Gasteiger partial charge is 0.497 e. The number of hydrogen-bond donors (Lipinski definition) is 1. The zero-order valence-corrected chi connectivity index (χ0v) is 12.3. The smallest absolute Gasteiger partial charge is 0.119 e. The Labute approximate surface area is 121 Å². The van der Waals surface area contributed by atoms with E-state index in [1.54, 1.807) is 7.11 Å². The standard InChI is InChI=1S/C18H25NO/c1-20-17-4-2-3-14(11-17)15-9-16(10-15)19-18(12-5-6-12)13-7-8-13/h2-4,11-13,15-16,18-19H,5-10H2,1H3. The maximum Gasteiger partial charge on any atom is 0.119 e. The van der Waals surface area contributed by atoms with E-state index >= 15 is 0 Å². The maximum atomic E-state index is 5.33. The highest BCUT2D eigenvalue weighted by Crippen LogP contribution is 2.46. The van der Waals surface area contributed by atoms with Crippen LogP contribution in [-0.2, 0) is 0 Å². The molecule has 4 rings (SSSR count). The Hall–Kier alpha value is -1.02. The molecule has 0 unspecified atom stereocenters. The number of nitrogens with one attached hydrogen (secondary N) is 1. The summed E-state index contributed by atoms with van der Waals surface area (Å²) < 4.78 is 5.33. The van der Waals surface area contributed by atoms with E-state index in [1.165, 1.54) is 44.1 Å². The van der Waals surface area contributed by atoms with E-state index in [4.69, 9.17) is 4.74 Å². The van der Waals surface area contributed by atoms with E-state index in [1.807, 2.05) is 6.07 Å². The molecular formula is C18H25NO. The molecule has 3 saturated carbocycles. The molecule has 1 N–H and O–H groups in total. The minimum atomic E-state index is 0.738. The third-order valence-electron chi connectivity index (χ3n) is 5.39. The van der Waals surface area contributed by atoms with Crippen LogP contribution in [0.25, 0.3) is 0 Å². The van der Waals surface area contributed by atoms with E-state index in [0.29, 0.717) is 0 Å². The molecule has 0 heterocycles. The molecule has 0 spiro atoms. The summed E-state index contributed by atoms with van der Waals surface area (Å²) in [6.45, 7) is 0. The zero-order valence-electron chi connectivity index (χ0n) is 12.3. The molecular weight excluding hydrogens is 246 g/mol. The van der Waals surface area contributed by atoms with Gasteiger partial charge < -0.3 is 10.1 Å². The van der Waals surface area contributed by atoms with Gasteiger partial charge in [-0.2, -0.15) is 0 Å². The lowest BCUT2D eigenvalue weighted by atomic mass is 9.75. The minimum absolute atomic E-state index is 0.738. The van der Waals surface area contributed by atoms with Crippen molar-refractivity contribution in [2.24, 2.45) is 11.8 Å². The average Bonchev–Trinajstić information content (AvgIpc) is 3.29. The fourth-order valence-electron chi connectivity index (χ4n) is 3.76. The lowest BCUT2D eigenvalue weighted by Crippen LogP contribution is -2.47. The highest BCUT2D eigenvalue weighted by atomic mass is 16.5. The molecule has 108 valence electrons. The van der Waals surface area contributed by atoms with Crippen molar-refractivity contribution in [2.75, 3.05) is 7.11 Å². The van der Waals surface area contributed by atoms with Crippen molar-refractivity contribution >= 4 is 0 Å². The van der Waals surface area contributed by atoms with Gasteiger partial charge in [0.1, 0.15) is 5.75 Å². The van der Waals surface area contributed by atoms with Crippen LogP contribution in [0, 0.1) is 11.8 Å². The predicted molar refractivity (Wildman–Crippen MR) is 81.1 cm³/mol. The number of ether oxygens (including phenoxy) is 1. The van der Waals surface area contributed by atoms with Crippen molar-refractivity contribution in [3.63, 3.8) is 0 Å². The zero-order chi connectivity index (χ0) is 13.5. The van der Waals surface area contributed by atoms with Gasteiger partial charge in [-0.25, -0.2) is 0 Å². The predicted octanol–water partition coefficient (Wildman–Crippen LogP) is 3.72. The molecule has 2 heteroatoms. The van der Waals surface area contributed by atoms with Crippen molar-refractivity contribution < 1.29 is 4.74 Å². The molecule has 20 heavy (non-hydrogen) atoms. The lowest BCUT2D eigenvalue weighted by Gasteiger charge is -2.39. The van der Waals surface area contributed by atoms with Crippen molar-refractivity contribution in [1.82, 2.24) is 5.32 Å². The summed E-state index contributed by atoms with van der Waals surface area (Å²) in [5.41, 5.74) is 1.46. The quantitative estimate of drug-likeness (QED) is 0.851. The normalized spacial score (nSPS) is 29.3. The van der Waals surface area contributed by atoms with Gasteiger partial charge in [0.15, 0.2) is 0 Å². The first-order chi connectivity index (χ1) is 9.83. The average molecular weight is 271 g/mol. The van der Waals surface area contributed by atoms with Gasteiger partial charge in [0.25, 0.3) is 0 Å². The van der Waals surface area contributed by atoms with Gasteiger partial charge in [-0.3, -0.25) is 0 Å². The van der Waals surface area contributed by atoms with Gasteiger partial charge in [-0.05, 0) is 74.0 Å². The van der Waals surface area contributed by atoms with Crippen LogP contribution in [0.1, 0.15) is 50.0 Å². The first-order valence-corrected chi connectivity index (χ1v) is 8.23. The Balaban J connectivity index is 1.32. The second kappa shape index (κ2) is 5.07. The summed E-state index contributed by atoms with van der Waals surface area (Å²) in [5.74, 6) is 3.76. The molecule has 0 atom stereocenters. The molecule has 0 radical (unpaired) electrons. The van der Waals surface area contributed by atoms with Gasteiger partial charge in [-0.15, -0.1) is 0 Å². The van der Waals surface area contributed by atoms with E-state index in [9.17, 15) is 0 Å². The Morgan fingerprint density at radius 2 is 1.80 bits per heavy atom. The van der Waals surface area contributed by atoms with Crippen molar-refractivity contribution in [3.05, 3.63) is 29.8 Å². The molecule has 0 amide bonds. The fourth-order valence-corrected chi connectivity index (χ4v) is 3.76. The molecule has 0 bridgehead atoms. The summed E-state index contributed by atoms with van der Waals surface area (Å²) >= 11 is 0. The van der Waals surface area contributed by atoms with Crippen LogP contribution >= 0.6 is 0 Å². The van der Waals surface area contributed by atoms with Gasteiger partial charge in [0.05, 0.1) is 7.11 Å². The molecule has 3 aliphatic carbocycles. The molecule has 2 nitrogen and oxygen atoms in total. The Kier molecular flexibility index (Phi) is 3.22. The maximum absolute atomic E-state index is 5.33. The molecule has 0 aromatic heterocycles. The van der Waals surface area contributed by atoms with Crippen molar-refractivity contribution in [3.8, 4) is 5.75 Å². The number of hydrogen-bond acceptors (Lipinski definition) is 2. The highest BCUT2D eigenvalue weighted by molar-refractivity contribution is 5.32. The summed E-state index contributed by atoms with van der Waals surface area (Å²) in [6, 6.07) is 10.2. The fraction of sp³-hybridized carbons (Fsp3) is 0.667. The number of benzene rings is 1. The second-order valence-electron chi connectivity index (χ2n) is 7.01. The Bertz CT molecular complexity index is 460. The first-order valence-electron chi connectivity index (χ1n) is 8.23. The summed E-state index contributed by atoms with van der Waals surface area (Å²) in [5, 5.41) is 3.97. The van der Waals surface area contributed by atoms with E-state index < -0.39 is 0 Å². The van der Waals surface area contributed by atoms with E-state index in [0.717, 1.165) is 35.6 Å². The van der Waals surface area contributed by atoms with Gasteiger partial charge in [-0.1, -0.05) is 12.1 Å². The monoisotopic (exact) mass is 271 g/mol. The second-order valence-corrected chi connectivity index (χ2v) is 7.01. The summed E-state index contributed by atoms with van der Waals surface area (Å²) in [4.78, 5) is 0. The van der Waals surface area contributed by atoms with Crippen LogP contribution in [-0.4, -0.2) is 19.2 Å². The Morgan fingerprint density at radius 1 is 1.10 bits per heavy atom. The van der Waals surface area contributed by atoms with Crippen molar-refractivity contribution in [1.29, 1.82) is 0 Å². The molecule has 3 aliphatic rings. The molecule has 0 aliphatic heterocycles. The third-order valence-corrected chi connectivity index (χ3v) is 5.39. The van der Waals surface area contributed by atoms with Gasteiger partial charge in [0, 0.05) is 12.1 Å². The molecule has 3 fully saturated rings. The van der Waals surface area contributed by atoms with Crippen LogP contribution < -0.4 is 10.1 Å². The van der Waals surface area contributed by atoms with Crippen LogP contribution in [0.3, 0.4) is 0 Å². The third kappa shape index (κ3) is 2.58. The molecule has 1 aromatic rings. The van der Waals surface area contributed by atoms with E-state index in [2.05, 4.69) is 23.5 Å². The lowest BCUT2D eigenvalue weighted by molar-refractivity contribution is 0.242. The van der Waals surface area contributed by atoms with Gasteiger partial charge >= 0.3 is 0 Å². The first kappa shape index (κ1) is 12.7. The van der Waals surface area contributed by atoms with Crippen LogP contribution in [0.2, 0.25) is 0 Å². The number of rotatable bonds is 6. The highest BCUT2D eigenvalue weighted by Gasteiger charge is 2.43. The van der Waals surface area contributed by atoms with Crippen LogP contribution in [0.5, 0.6) is 5.75 Å². The summed E-state index contributed by atoms with van der Waals surface area (Å²) in [7, 11) is 1.75. The van der Waals surface area contributed by atoms with E-state index in [-0.39, 0.29) is 0 Å². The SMILES string of the molecule is COc1cccc(C2CC(NC(C3CC3)C3CC3)C2)c1. The Morgan fingerprint density at radius 3 is 2.40 bits per heavy atom. The van der Waals surface area contributed by atoms with Crippen molar-refractivity contribution in [2.45, 2.75) is 56.5 Å².